The lowest BCUT2D eigenvalue weighted by atomic mass is 9.96. The maximum Gasteiger partial charge on any atom is 0.337 e. The van der Waals surface area contributed by atoms with Gasteiger partial charge in [0.2, 0.25) is 5.67 Å². The predicted octanol–water partition coefficient (Wildman–Crippen LogP) is 1.40. The number of esters is 1. The highest BCUT2D eigenvalue weighted by atomic mass is 19.1. The molecule has 1 atom stereocenters. The first-order valence-corrected chi connectivity index (χ1v) is 5.03. The Morgan fingerprint density at radius 1 is 1.29 bits per heavy atom. The number of hydrogen-bond acceptors (Lipinski definition) is 3. The number of halogens is 1. The summed E-state index contributed by atoms with van der Waals surface area (Å²) in [4.78, 5) is 22.5. The van der Waals surface area contributed by atoms with E-state index < -0.39 is 17.5 Å². The second kappa shape index (κ2) is 4.95. The van der Waals surface area contributed by atoms with Gasteiger partial charge in [-0.15, -0.1) is 0 Å². The fourth-order valence-corrected chi connectivity index (χ4v) is 1.40. The number of nitrogens with one attached hydrogen (secondary N) is 1. The van der Waals surface area contributed by atoms with E-state index in [0.717, 1.165) is 0 Å². The molecule has 0 aromatic heterocycles. The van der Waals surface area contributed by atoms with Crippen molar-refractivity contribution in [2.24, 2.45) is 0 Å². The zero-order chi connectivity index (χ0) is 13.1. The third-order valence-corrected chi connectivity index (χ3v) is 2.50. The number of hydrogen-bond donors (Lipinski definition) is 1. The molecule has 0 radical (unpaired) electrons. The van der Waals surface area contributed by atoms with E-state index >= 15 is 0 Å². The Kier molecular flexibility index (Phi) is 3.83. The van der Waals surface area contributed by atoms with Gasteiger partial charge in [0.1, 0.15) is 0 Å². The third-order valence-electron chi connectivity index (χ3n) is 2.50. The van der Waals surface area contributed by atoms with Gasteiger partial charge in [-0.2, -0.15) is 0 Å². The van der Waals surface area contributed by atoms with Crippen molar-refractivity contribution in [3.8, 4) is 0 Å². The summed E-state index contributed by atoms with van der Waals surface area (Å²) in [6.07, 6.45) is 0. The zero-order valence-electron chi connectivity index (χ0n) is 9.91. The van der Waals surface area contributed by atoms with Gasteiger partial charge in [0.25, 0.3) is 5.91 Å². The second-order valence-electron chi connectivity index (χ2n) is 3.65. The lowest BCUT2D eigenvalue weighted by Crippen LogP contribution is -2.36. The highest BCUT2D eigenvalue weighted by molar-refractivity contribution is 5.90. The highest BCUT2D eigenvalue weighted by Crippen LogP contribution is 2.25. The molecule has 0 saturated heterocycles. The van der Waals surface area contributed by atoms with Crippen molar-refractivity contribution in [3.05, 3.63) is 35.4 Å². The van der Waals surface area contributed by atoms with Crippen LogP contribution in [-0.2, 0) is 15.2 Å². The Morgan fingerprint density at radius 2 is 1.82 bits per heavy atom. The van der Waals surface area contributed by atoms with Gasteiger partial charge >= 0.3 is 5.97 Å². The van der Waals surface area contributed by atoms with Crippen LogP contribution in [0.2, 0.25) is 0 Å². The molecule has 0 heterocycles. The lowest BCUT2D eigenvalue weighted by Gasteiger charge is -2.18. The molecule has 5 heteroatoms. The Hall–Kier alpha value is -1.91. The van der Waals surface area contributed by atoms with Gasteiger partial charge in [-0.1, -0.05) is 12.1 Å². The van der Waals surface area contributed by atoms with E-state index in [4.69, 9.17) is 0 Å². The van der Waals surface area contributed by atoms with E-state index in [0.29, 0.717) is 5.56 Å². The molecule has 1 aromatic rings. The fourth-order valence-electron chi connectivity index (χ4n) is 1.40. The molecule has 1 aromatic carbocycles. The topological polar surface area (TPSA) is 55.4 Å². The van der Waals surface area contributed by atoms with Gasteiger partial charge in [0.15, 0.2) is 0 Å². The standard InChI is InChI=1S/C12H14FNO3/c1-12(13,11(16)14-2)9-6-4-8(5-7-9)10(15)17-3/h4-7H,1-3H3,(H,14,16). The number of ether oxygens (including phenoxy) is 1. The van der Waals surface area contributed by atoms with Gasteiger partial charge in [0, 0.05) is 7.05 Å². The van der Waals surface area contributed by atoms with E-state index in [-0.39, 0.29) is 5.56 Å². The molecule has 0 aliphatic heterocycles. The molecule has 1 amide bonds. The van der Waals surface area contributed by atoms with Gasteiger partial charge in [-0.25, -0.2) is 9.18 Å². The van der Waals surface area contributed by atoms with Gasteiger partial charge in [0.05, 0.1) is 12.7 Å². The quantitative estimate of drug-likeness (QED) is 0.811. The summed E-state index contributed by atoms with van der Waals surface area (Å²) >= 11 is 0. The van der Waals surface area contributed by atoms with Crippen molar-refractivity contribution in [1.29, 1.82) is 0 Å². The maximum atomic E-state index is 14.1. The minimum absolute atomic E-state index is 0.185. The first-order valence-electron chi connectivity index (χ1n) is 5.03. The molecule has 17 heavy (non-hydrogen) atoms. The largest absolute Gasteiger partial charge is 0.465 e. The molecule has 4 nitrogen and oxygen atoms in total. The van der Waals surface area contributed by atoms with E-state index in [1.807, 2.05) is 0 Å². The molecule has 1 N–H and O–H groups in total. The molecule has 0 saturated carbocycles. The molecule has 0 bridgehead atoms. The number of benzene rings is 1. The van der Waals surface area contributed by atoms with Crippen molar-refractivity contribution >= 4 is 11.9 Å². The van der Waals surface area contributed by atoms with Gasteiger partial charge < -0.3 is 10.1 Å². The van der Waals surface area contributed by atoms with Crippen LogP contribution in [0.1, 0.15) is 22.8 Å². The molecular formula is C12H14FNO3. The van der Waals surface area contributed by atoms with Gasteiger partial charge in [-0.3, -0.25) is 4.79 Å². The maximum absolute atomic E-state index is 14.1. The van der Waals surface area contributed by atoms with Crippen LogP contribution in [0.4, 0.5) is 4.39 Å². The molecule has 1 unspecified atom stereocenters. The van der Waals surface area contributed by atoms with Crippen molar-refractivity contribution in [1.82, 2.24) is 5.32 Å². The molecule has 0 fully saturated rings. The van der Waals surface area contributed by atoms with Crippen molar-refractivity contribution in [3.63, 3.8) is 0 Å². The molecule has 92 valence electrons. The van der Waals surface area contributed by atoms with Crippen LogP contribution in [0.3, 0.4) is 0 Å². The number of carbonyl (C=O) groups is 2. The van der Waals surface area contributed by atoms with Crippen LogP contribution >= 0.6 is 0 Å². The minimum atomic E-state index is -2.12. The first-order chi connectivity index (χ1) is 7.93. The number of rotatable bonds is 3. The first kappa shape index (κ1) is 13.2. The van der Waals surface area contributed by atoms with E-state index in [2.05, 4.69) is 10.1 Å². The van der Waals surface area contributed by atoms with Crippen LogP contribution < -0.4 is 5.32 Å². The fraction of sp³-hybridized carbons (Fsp3) is 0.333. The Bertz CT molecular complexity index is 426. The average molecular weight is 239 g/mol. The summed E-state index contributed by atoms with van der Waals surface area (Å²) < 4.78 is 18.6. The van der Waals surface area contributed by atoms with Crippen LogP contribution in [-0.4, -0.2) is 26.0 Å². The highest BCUT2D eigenvalue weighted by Gasteiger charge is 2.34. The number of alkyl halides is 1. The zero-order valence-corrected chi connectivity index (χ0v) is 9.91. The lowest BCUT2D eigenvalue weighted by molar-refractivity contribution is -0.131. The van der Waals surface area contributed by atoms with Crippen LogP contribution in [0.5, 0.6) is 0 Å². The summed E-state index contributed by atoms with van der Waals surface area (Å²) in [6, 6.07) is 5.62. The van der Waals surface area contributed by atoms with E-state index in [9.17, 15) is 14.0 Å². The number of likely N-dealkylation sites (N-methyl/N-ethyl adjacent to an activating group) is 1. The van der Waals surface area contributed by atoms with Crippen molar-refractivity contribution in [2.45, 2.75) is 12.6 Å². The van der Waals surface area contributed by atoms with Crippen molar-refractivity contribution in [2.75, 3.05) is 14.2 Å². The van der Waals surface area contributed by atoms with E-state index in [1.165, 1.54) is 45.3 Å². The number of carbonyl (C=O) groups excluding carboxylic acids is 2. The Morgan fingerprint density at radius 3 is 2.24 bits per heavy atom. The molecular weight excluding hydrogens is 225 g/mol. The summed E-state index contributed by atoms with van der Waals surface area (Å²) in [7, 11) is 2.63. The smallest absolute Gasteiger partial charge is 0.337 e. The van der Waals surface area contributed by atoms with Crippen LogP contribution in [0.15, 0.2) is 24.3 Å². The Labute approximate surface area is 98.8 Å². The van der Waals surface area contributed by atoms with Crippen LogP contribution in [0, 0.1) is 0 Å². The summed E-state index contributed by atoms with van der Waals surface area (Å²) in [6.45, 7) is 1.17. The second-order valence-corrected chi connectivity index (χ2v) is 3.65. The van der Waals surface area contributed by atoms with Crippen LogP contribution in [0.25, 0.3) is 0 Å². The SMILES string of the molecule is CNC(=O)C(C)(F)c1ccc(C(=O)OC)cc1. The predicted molar refractivity (Wildman–Crippen MR) is 60.3 cm³/mol. The van der Waals surface area contributed by atoms with E-state index in [1.54, 1.807) is 0 Å². The third kappa shape index (κ3) is 2.61. The monoisotopic (exact) mass is 239 g/mol. The number of methoxy groups -OCH3 is 1. The molecule has 0 aliphatic carbocycles. The molecule has 0 spiro atoms. The average Bonchev–Trinajstić information content (AvgIpc) is 2.36. The molecule has 0 aliphatic rings. The summed E-state index contributed by atoms with van der Waals surface area (Å²) in [5.41, 5.74) is -1.63. The summed E-state index contributed by atoms with van der Waals surface area (Å²) in [5.74, 6) is -1.24. The van der Waals surface area contributed by atoms with Gasteiger partial charge in [-0.05, 0) is 24.6 Å². The van der Waals surface area contributed by atoms with Crippen molar-refractivity contribution < 1.29 is 18.7 Å². The normalized spacial score (nSPS) is 13.6. The Balaban J connectivity index is 3.02. The minimum Gasteiger partial charge on any atom is -0.465 e. The summed E-state index contributed by atoms with van der Waals surface area (Å²) in [5, 5.41) is 2.25. The number of amides is 1. The molecule has 1 rings (SSSR count).